The fourth-order valence-electron chi connectivity index (χ4n) is 2.15. The maximum atomic E-state index is 12.1. The zero-order chi connectivity index (χ0) is 15.6. The average molecular weight is 297 g/mol. The summed E-state index contributed by atoms with van der Waals surface area (Å²) < 4.78 is 0. The van der Waals surface area contributed by atoms with Crippen LogP contribution in [0.5, 0.6) is 0 Å². The zero-order valence-electron chi connectivity index (χ0n) is 13.0. The average Bonchev–Trinajstić information content (AvgIpc) is 2.56. The van der Waals surface area contributed by atoms with Crippen molar-refractivity contribution >= 4 is 11.6 Å². The van der Waals surface area contributed by atoms with E-state index in [2.05, 4.69) is 22.5 Å². The minimum atomic E-state index is -0.115. The molecule has 0 saturated heterocycles. The van der Waals surface area contributed by atoms with Crippen molar-refractivity contribution in [1.82, 2.24) is 10.3 Å². The molecule has 4 heteroatoms. The maximum Gasteiger partial charge on any atom is 0.255 e. The van der Waals surface area contributed by atoms with Gasteiger partial charge in [-0.3, -0.25) is 9.78 Å². The van der Waals surface area contributed by atoms with Crippen LogP contribution in [0.3, 0.4) is 0 Å². The van der Waals surface area contributed by atoms with Gasteiger partial charge in [-0.15, -0.1) is 0 Å². The predicted octanol–water partition coefficient (Wildman–Crippen LogP) is 3.61. The molecule has 0 aliphatic heterocycles. The normalized spacial score (nSPS) is 10.4. The first-order chi connectivity index (χ1) is 10.8. The number of aromatic nitrogens is 1. The van der Waals surface area contributed by atoms with Crippen LogP contribution in [0.4, 0.5) is 5.69 Å². The molecule has 1 aromatic carbocycles. The lowest BCUT2D eigenvalue weighted by molar-refractivity contribution is 0.102. The second-order valence-electron chi connectivity index (χ2n) is 5.28. The summed E-state index contributed by atoms with van der Waals surface area (Å²) in [5.74, 6) is -0.115. The molecule has 0 spiro atoms. The molecule has 2 rings (SSSR count). The number of hydrogen-bond acceptors (Lipinski definition) is 3. The first-order valence-electron chi connectivity index (χ1n) is 7.80. The zero-order valence-corrected chi connectivity index (χ0v) is 13.0. The molecule has 116 valence electrons. The van der Waals surface area contributed by atoms with Crippen molar-refractivity contribution in [2.75, 3.05) is 11.9 Å². The number of anilines is 1. The van der Waals surface area contributed by atoms with E-state index in [9.17, 15) is 4.79 Å². The van der Waals surface area contributed by atoms with Crippen molar-refractivity contribution in [2.24, 2.45) is 0 Å². The first kappa shape index (κ1) is 16.2. The summed E-state index contributed by atoms with van der Waals surface area (Å²) in [6, 6.07) is 11.3. The second-order valence-corrected chi connectivity index (χ2v) is 5.28. The summed E-state index contributed by atoms with van der Waals surface area (Å²) in [7, 11) is 0. The Labute approximate surface area is 132 Å². The minimum Gasteiger partial charge on any atom is -0.321 e. The first-order valence-corrected chi connectivity index (χ1v) is 7.80. The summed E-state index contributed by atoms with van der Waals surface area (Å²) in [5.41, 5.74) is 2.54. The van der Waals surface area contributed by atoms with Gasteiger partial charge in [0.25, 0.3) is 5.91 Å². The van der Waals surface area contributed by atoms with Gasteiger partial charge in [-0.2, -0.15) is 0 Å². The highest BCUT2D eigenvalue weighted by Gasteiger charge is 2.05. The number of carbonyl (C=O) groups is 1. The summed E-state index contributed by atoms with van der Waals surface area (Å²) in [6.45, 7) is 4.08. The Kier molecular flexibility index (Phi) is 6.58. The van der Waals surface area contributed by atoms with Crippen molar-refractivity contribution in [3.05, 3.63) is 59.9 Å². The summed E-state index contributed by atoms with van der Waals surface area (Å²) in [5, 5.41) is 6.24. The quantitative estimate of drug-likeness (QED) is 0.732. The van der Waals surface area contributed by atoms with Crippen molar-refractivity contribution in [2.45, 2.75) is 32.7 Å². The summed E-state index contributed by atoms with van der Waals surface area (Å²) in [4.78, 5) is 16.1. The van der Waals surface area contributed by atoms with E-state index in [4.69, 9.17) is 0 Å². The smallest absolute Gasteiger partial charge is 0.255 e. The molecule has 0 bridgehead atoms. The van der Waals surface area contributed by atoms with Crippen LogP contribution in [0.25, 0.3) is 0 Å². The van der Waals surface area contributed by atoms with Crippen LogP contribution in [0.1, 0.15) is 42.1 Å². The second kappa shape index (κ2) is 8.95. The molecule has 0 radical (unpaired) electrons. The number of nitrogens with one attached hydrogen (secondary N) is 2. The number of unbranched alkanes of at least 4 members (excludes halogenated alkanes) is 2. The van der Waals surface area contributed by atoms with E-state index in [1.54, 1.807) is 18.5 Å². The van der Waals surface area contributed by atoms with Crippen molar-refractivity contribution < 1.29 is 4.79 Å². The lowest BCUT2D eigenvalue weighted by Gasteiger charge is -2.07. The van der Waals surface area contributed by atoms with Gasteiger partial charge in [0.2, 0.25) is 0 Å². The molecular weight excluding hydrogens is 274 g/mol. The number of carbonyl (C=O) groups excluding carboxylic acids is 1. The largest absolute Gasteiger partial charge is 0.321 e. The Bertz CT molecular complexity index is 567. The molecule has 0 atom stereocenters. The summed E-state index contributed by atoms with van der Waals surface area (Å²) in [6.07, 6.45) is 7.02. The van der Waals surface area contributed by atoms with Gasteiger partial charge in [0.1, 0.15) is 0 Å². The number of nitrogens with zero attached hydrogens (tertiary/aromatic N) is 1. The van der Waals surface area contributed by atoms with E-state index in [1.807, 2.05) is 30.3 Å². The molecule has 0 aliphatic carbocycles. The third-order valence-electron chi connectivity index (χ3n) is 3.42. The number of hydrogen-bond donors (Lipinski definition) is 2. The van der Waals surface area contributed by atoms with Crippen LogP contribution >= 0.6 is 0 Å². The number of amides is 1. The van der Waals surface area contributed by atoms with Crippen LogP contribution in [0.2, 0.25) is 0 Å². The van der Waals surface area contributed by atoms with E-state index in [-0.39, 0.29) is 5.91 Å². The molecule has 0 aliphatic rings. The standard InChI is InChI=1S/C18H23N3O/c1-2-3-4-11-19-13-15-7-9-16(10-8-15)18(22)21-17-6-5-12-20-14-17/h5-10,12,14,19H,2-4,11,13H2,1H3,(H,21,22). The molecule has 2 aromatic rings. The Morgan fingerprint density at radius 2 is 1.95 bits per heavy atom. The molecule has 0 fully saturated rings. The fourth-order valence-corrected chi connectivity index (χ4v) is 2.15. The Morgan fingerprint density at radius 1 is 1.14 bits per heavy atom. The van der Waals surface area contributed by atoms with Gasteiger partial charge in [-0.05, 0) is 42.8 Å². The van der Waals surface area contributed by atoms with Gasteiger partial charge in [0.15, 0.2) is 0 Å². The minimum absolute atomic E-state index is 0.115. The fraction of sp³-hybridized carbons (Fsp3) is 0.333. The van der Waals surface area contributed by atoms with E-state index in [1.165, 1.54) is 24.8 Å². The van der Waals surface area contributed by atoms with Gasteiger partial charge in [-0.25, -0.2) is 0 Å². The van der Waals surface area contributed by atoms with Crippen molar-refractivity contribution in [3.8, 4) is 0 Å². The van der Waals surface area contributed by atoms with Crippen LogP contribution in [-0.4, -0.2) is 17.4 Å². The van der Waals surface area contributed by atoms with Crippen molar-refractivity contribution in [3.63, 3.8) is 0 Å². The lowest BCUT2D eigenvalue weighted by Crippen LogP contribution is -2.15. The molecule has 1 aromatic heterocycles. The van der Waals surface area contributed by atoms with Gasteiger partial charge in [0.05, 0.1) is 11.9 Å². The van der Waals surface area contributed by atoms with Crippen LogP contribution in [-0.2, 0) is 6.54 Å². The van der Waals surface area contributed by atoms with E-state index in [0.717, 1.165) is 13.1 Å². The molecule has 22 heavy (non-hydrogen) atoms. The highest BCUT2D eigenvalue weighted by molar-refractivity contribution is 6.04. The SMILES string of the molecule is CCCCCNCc1ccc(C(=O)Nc2cccnc2)cc1. The number of pyridine rings is 1. The predicted molar refractivity (Wildman–Crippen MR) is 89.9 cm³/mol. The van der Waals surface area contributed by atoms with Gasteiger partial charge in [0, 0.05) is 18.3 Å². The van der Waals surface area contributed by atoms with E-state index in [0.29, 0.717) is 11.3 Å². The van der Waals surface area contributed by atoms with Crippen LogP contribution < -0.4 is 10.6 Å². The Balaban J connectivity index is 1.82. The molecule has 1 heterocycles. The van der Waals surface area contributed by atoms with Crippen molar-refractivity contribution in [1.29, 1.82) is 0 Å². The van der Waals surface area contributed by atoms with Crippen LogP contribution in [0, 0.1) is 0 Å². The Morgan fingerprint density at radius 3 is 2.64 bits per heavy atom. The maximum absolute atomic E-state index is 12.1. The molecule has 4 nitrogen and oxygen atoms in total. The molecule has 0 unspecified atom stereocenters. The molecular formula is C18H23N3O. The topological polar surface area (TPSA) is 54.0 Å². The Hall–Kier alpha value is -2.20. The van der Waals surface area contributed by atoms with Crippen LogP contribution in [0.15, 0.2) is 48.8 Å². The lowest BCUT2D eigenvalue weighted by atomic mass is 10.1. The van der Waals surface area contributed by atoms with Gasteiger partial charge >= 0.3 is 0 Å². The molecule has 0 saturated carbocycles. The highest BCUT2D eigenvalue weighted by atomic mass is 16.1. The summed E-state index contributed by atoms with van der Waals surface area (Å²) >= 11 is 0. The van der Waals surface area contributed by atoms with Gasteiger partial charge < -0.3 is 10.6 Å². The number of rotatable bonds is 8. The molecule has 1 amide bonds. The third kappa shape index (κ3) is 5.30. The molecule has 2 N–H and O–H groups in total. The third-order valence-corrected chi connectivity index (χ3v) is 3.42. The highest BCUT2D eigenvalue weighted by Crippen LogP contribution is 2.09. The van der Waals surface area contributed by atoms with E-state index >= 15 is 0 Å². The van der Waals surface area contributed by atoms with E-state index < -0.39 is 0 Å². The number of benzene rings is 1. The van der Waals surface area contributed by atoms with Gasteiger partial charge in [-0.1, -0.05) is 31.9 Å². The monoisotopic (exact) mass is 297 g/mol.